The molecule has 0 fully saturated rings. The highest BCUT2D eigenvalue weighted by Crippen LogP contribution is 2.17. The minimum Gasteiger partial charge on any atom is -0.494 e. The van der Waals surface area contributed by atoms with Crippen LogP contribution in [0.5, 0.6) is 5.75 Å². The number of hydrogen-bond acceptors (Lipinski definition) is 7. The average molecular weight is 438 g/mol. The molecule has 0 spiro atoms. The Labute approximate surface area is 183 Å². The molecule has 7 nitrogen and oxygen atoms in total. The van der Waals surface area contributed by atoms with Gasteiger partial charge in [-0.25, -0.2) is 9.79 Å². The van der Waals surface area contributed by atoms with Crippen molar-refractivity contribution in [1.82, 2.24) is 4.57 Å². The van der Waals surface area contributed by atoms with E-state index in [4.69, 9.17) is 9.47 Å². The van der Waals surface area contributed by atoms with Gasteiger partial charge < -0.3 is 14.4 Å². The molecule has 0 saturated heterocycles. The zero-order valence-electron chi connectivity index (χ0n) is 17.4. The van der Waals surface area contributed by atoms with Gasteiger partial charge in [-0.3, -0.25) is 9.36 Å². The van der Waals surface area contributed by atoms with Crippen LogP contribution in [0.15, 0.2) is 58.3 Å². The molecule has 1 aliphatic rings. The summed E-state index contributed by atoms with van der Waals surface area (Å²) >= 11 is 1.39. The van der Waals surface area contributed by atoms with Gasteiger partial charge in [-0.05, 0) is 61.9 Å². The Balaban J connectivity index is 1.56. The second-order valence-electron chi connectivity index (χ2n) is 6.88. The number of aromatic nitrogens is 1. The fraction of sp³-hybridized carbons (Fsp3) is 0.261. The van der Waals surface area contributed by atoms with Crippen molar-refractivity contribution in [2.24, 2.45) is 4.99 Å². The molecule has 0 saturated carbocycles. The predicted octanol–water partition coefficient (Wildman–Crippen LogP) is 2.37. The molecule has 160 valence electrons. The topological polar surface area (TPSA) is 73.1 Å². The van der Waals surface area contributed by atoms with E-state index in [1.165, 1.54) is 11.3 Å². The van der Waals surface area contributed by atoms with E-state index in [0.717, 1.165) is 17.0 Å². The van der Waals surface area contributed by atoms with Crippen LogP contribution < -0.4 is 24.5 Å². The number of carbonyl (C=O) groups is 1. The van der Waals surface area contributed by atoms with Gasteiger partial charge in [0.05, 0.1) is 23.3 Å². The summed E-state index contributed by atoms with van der Waals surface area (Å²) in [6, 6.07) is 14.8. The molecule has 1 aromatic heterocycles. The van der Waals surface area contributed by atoms with Crippen molar-refractivity contribution < 1.29 is 14.3 Å². The fourth-order valence-electron chi connectivity index (χ4n) is 3.28. The van der Waals surface area contributed by atoms with Gasteiger partial charge in [0.1, 0.15) is 19.1 Å². The summed E-state index contributed by atoms with van der Waals surface area (Å²) in [5.74, 6) is 0.463. The normalized spacial score (nSPS) is 13.5. The molecule has 0 unspecified atom stereocenters. The van der Waals surface area contributed by atoms with Crippen LogP contribution in [-0.2, 0) is 11.4 Å². The lowest BCUT2D eigenvalue weighted by Gasteiger charge is -2.25. The van der Waals surface area contributed by atoms with E-state index >= 15 is 0 Å². The van der Waals surface area contributed by atoms with Crippen molar-refractivity contribution in [1.29, 1.82) is 0 Å². The molecule has 8 heteroatoms. The van der Waals surface area contributed by atoms with Crippen molar-refractivity contribution in [3.8, 4) is 5.75 Å². The second kappa shape index (κ2) is 9.18. The zero-order valence-corrected chi connectivity index (χ0v) is 18.2. The lowest BCUT2D eigenvalue weighted by molar-refractivity contribution is 0.0526. The van der Waals surface area contributed by atoms with Crippen LogP contribution in [-0.4, -0.2) is 30.4 Å². The van der Waals surface area contributed by atoms with Crippen molar-refractivity contribution in [3.05, 3.63) is 79.3 Å². The Hall–Kier alpha value is -3.39. The molecule has 4 rings (SSSR count). The van der Waals surface area contributed by atoms with E-state index in [0.29, 0.717) is 41.4 Å². The van der Waals surface area contributed by atoms with Crippen LogP contribution in [0.3, 0.4) is 0 Å². The average Bonchev–Trinajstić information content (AvgIpc) is 3.10. The first kappa shape index (κ1) is 20.9. The molecule has 0 amide bonds. The highest BCUT2D eigenvalue weighted by Gasteiger charge is 2.16. The van der Waals surface area contributed by atoms with Crippen LogP contribution in [0.2, 0.25) is 0 Å². The summed E-state index contributed by atoms with van der Waals surface area (Å²) < 4.78 is 12.8. The van der Waals surface area contributed by atoms with Gasteiger partial charge >= 0.3 is 5.97 Å². The minimum atomic E-state index is -0.344. The molecule has 2 heterocycles. The summed E-state index contributed by atoms with van der Waals surface area (Å²) in [5.41, 5.74) is 2.26. The van der Waals surface area contributed by atoms with Crippen LogP contribution in [0, 0.1) is 0 Å². The van der Waals surface area contributed by atoms with Gasteiger partial charge in [-0.15, -0.1) is 0 Å². The number of hydrogen-bond donors (Lipinski definition) is 0. The first-order valence-corrected chi connectivity index (χ1v) is 10.9. The molecule has 3 aromatic rings. The third kappa shape index (κ3) is 4.54. The standard InChI is InChI=1S/C23H23N3O4S/c1-3-29-19-11-5-16(6-12-19)13-20-21(27)26-15-25(14-24-23(26)31-20)18-9-7-17(8-10-18)22(28)30-4-2/h5-13H,3-4,14-15H2,1-2H3. The Kier molecular flexibility index (Phi) is 6.18. The summed E-state index contributed by atoms with van der Waals surface area (Å²) in [4.78, 5) is 32.1. The number of esters is 1. The van der Waals surface area contributed by atoms with Gasteiger partial charge in [-0.1, -0.05) is 23.5 Å². The minimum absolute atomic E-state index is 0.0644. The Morgan fingerprint density at radius 1 is 1.10 bits per heavy atom. The Morgan fingerprint density at radius 3 is 2.52 bits per heavy atom. The lowest BCUT2D eigenvalue weighted by atomic mass is 10.2. The van der Waals surface area contributed by atoms with Crippen molar-refractivity contribution in [2.45, 2.75) is 20.5 Å². The third-order valence-corrected chi connectivity index (χ3v) is 5.85. The molecule has 0 N–H and O–H groups in total. The quantitative estimate of drug-likeness (QED) is 0.554. The molecule has 0 bridgehead atoms. The molecule has 31 heavy (non-hydrogen) atoms. The van der Waals surface area contributed by atoms with E-state index in [9.17, 15) is 9.59 Å². The van der Waals surface area contributed by atoms with Crippen LogP contribution in [0.25, 0.3) is 6.08 Å². The van der Waals surface area contributed by atoms with Gasteiger partial charge in [0.15, 0.2) is 4.80 Å². The third-order valence-electron chi connectivity index (χ3n) is 4.81. The number of anilines is 1. The van der Waals surface area contributed by atoms with Crippen molar-refractivity contribution in [2.75, 3.05) is 24.8 Å². The smallest absolute Gasteiger partial charge is 0.338 e. The van der Waals surface area contributed by atoms with Gasteiger partial charge in [0, 0.05) is 5.69 Å². The maximum absolute atomic E-state index is 12.9. The number of benzene rings is 2. The predicted molar refractivity (Wildman–Crippen MR) is 120 cm³/mol. The summed E-state index contributed by atoms with van der Waals surface area (Å²) in [6.45, 7) is 5.53. The van der Waals surface area contributed by atoms with Crippen LogP contribution in [0.4, 0.5) is 5.69 Å². The first-order chi connectivity index (χ1) is 15.1. The van der Waals surface area contributed by atoms with E-state index in [2.05, 4.69) is 4.99 Å². The summed E-state index contributed by atoms with van der Waals surface area (Å²) in [6.07, 6.45) is 1.88. The Morgan fingerprint density at radius 2 is 1.84 bits per heavy atom. The number of thiazole rings is 1. The number of fused-ring (bicyclic) bond motifs is 1. The van der Waals surface area contributed by atoms with Crippen molar-refractivity contribution in [3.63, 3.8) is 0 Å². The zero-order chi connectivity index (χ0) is 21.8. The molecule has 0 radical (unpaired) electrons. The van der Waals surface area contributed by atoms with E-state index in [-0.39, 0.29) is 11.5 Å². The van der Waals surface area contributed by atoms with E-state index in [1.54, 1.807) is 23.6 Å². The highest BCUT2D eigenvalue weighted by molar-refractivity contribution is 7.07. The lowest BCUT2D eigenvalue weighted by Crippen LogP contribution is -2.42. The van der Waals surface area contributed by atoms with E-state index < -0.39 is 0 Å². The van der Waals surface area contributed by atoms with Gasteiger partial charge in [0.25, 0.3) is 5.56 Å². The molecular formula is C23H23N3O4S. The molecule has 2 aromatic carbocycles. The molecule has 0 atom stereocenters. The van der Waals surface area contributed by atoms with Gasteiger partial charge in [-0.2, -0.15) is 0 Å². The second-order valence-corrected chi connectivity index (χ2v) is 7.89. The Bertz CT molecular complexity index is 1240. The maximum atomic E-state index is 12.9. The number of carbonyl (C=O) groups excluding carboxylic acids is 1. The highest BCUT2D eigenvalue weighted by atomic mass is 32.1. The summed E-state index contributed by atoms with van der Waals surface area (Å²) in [7, 11) is 0. The largest absolute Gasteiger partial charge is 0.494 e. The fourth-order valence-corrected chi connectivity index (χ4v) is 4.24. The number of ether oxygens (including phenoxy) is 2. The van der Waals surface area contributed by atoms with Crippen LogP contribution in [0.1, 0.15) is 29.8 Å². The molecular weight excluding hydrogens is 414 g/mol. The van der Waals surface area contributed by atoms with Crippen LogP contribution >= 0.6 is 11.3 Å². The SMILES string of the molecule is CCOC(=O)c1ccc(N2CN=c3sc(=Cc4ccc(OCC)cc4)c(=O)n3C2)cc1. The monoisotopic (exact) mass is 437 g/mol. The van der Waals surface area contributed by atoms with E-state index in [1.807, 2.05) is 54.3 Å². The summed E-state index contributed by atoms with van der Waals surface area (Å²) in [5, 5.41) is 0. The van der Waals surface area contributed by atoms with Gasteiger partial charge in [0.2, 0.25) is 0 Å². The first-order valence-electron chi connectivity index (χ1n) is 10.1. The number of nitrogens with zero attached hydrogens (tertiary/aromatic N) is 3. The number of rotatable bonds is 6. The maximum Gasteiger partial charge on any atom is 0.338 e. The molecule has 1 aliphatic heterocycles. The van der Waals surface area contributed by atoms with Crippen molar-refractivity contribution >= 4 is 29.1 Å². The molecule has 0 aliphatic carbocycles.